The van der Waals surface area contributed by atoms with Crippen molar-refractivity contribution >= 4 is 28.2 Å². The first-order valence-corrected chi connectivity index (χ1v) is 14.3. The molecule has 0 aliphatic carbocycles. The van der Waals surface area contributed by atoms with Crippen LogP contribution in [0.15, 0.2) is 85.1 Å². The van der Waals surface area contributed by atoms with E-state index < -0.39 is 5.60 Å². The first kappa shape index (κ1) is 26.6. The molecule has 1 unspecified atom stereocenters. The Morgan fingerprint density at radius 1 is 0.927 bits per heavy atom. The second kappa shape index (κ2) is 10.4. The minimum absolute atomic E-state index is 0.387. The van der Waals surface area contributed by atoms with Crippen LogP contribution in [0.2, 0.25) is 0 Å². The molecule has 0 saturated heterocycles. The third-order valence-electron chi connectivity index (χ3n) is 8.12. The van der Waals surface area contributed by atoms with E-state index in [1.54, 1.807) is 18.3 Å². The molecule has 1 aliphatic heterocycles. The zero-order chi connectivity index (χ0) is 28.7. The zero-order valence-electron chi connectivity index (χ0n) is 24.3. The van der Waals surface area contributed by atoms with Crippen molar-refractivity contribution in [2.75, 3.05) is 18.1 Å². The highest BCUT2D eigenvalue weighted by atomic mass is 16.6. The lowest BCUT2D eigenvalue weighted by atomic mass is 9.80. The number of aromatic nitrogens is 2. The number of fused-ring (bicyclic) bond motifs is 2. The van der Waals surface area contributed by atoms with Gasteiger partial charge in [0.05, 0.1) is 12.2 Å². The Hall–Kier alpha value is -4.58. The molecular weight excluding hydrogens is 510 g/mol. The first-order chi connectivity index (χ1) is 19.9. The largest absolute Gasteiger partial charge is 0.493 e. The van der Waals surface area contributed by atoms with E-state index in [2.05, 4.69) is 85.7 Å². The molecule has 0 amide bonds. The van der Waals surface area contributed by atoms with Crippen LogP contribution >= 0.6 is 0 Å². The summed E-state index contributed by atoms with van der Waals surface area (Å²) in [6, 6.07) is 26.6. The number of pyridine rings is 1. The number of carbonyl (C=O) groups excluding carboxylic acids is 1. The van der Waals surface area contributed by atoms with Crippen molar-refractivity contribution in [1.82, 2.24) is 9.55 Å². The topological polar surface area (TPSA) is 56.6 Å². The number of cyclic esters (lactones) is 1. The maximum absolute atomic E-state index is 13.5. The fraction of sp³-hybridized carbons (Fsp3) is 0.257. The lowest BCUT2D eigenvalue weighted by molar-refractivity contribution is 0.0238. The fourth-order valence-electron chi connectivity index (χ4n) is 6.35. The summed E-state index contributed by atoms with van der Waals surface area (Å²) in [5, 5.41) is 1.03. The molecule has 2 aromatic heterocycles. The van der Waals surface area contributed by atoms with Crippen molar-refractivity contribution in [1.29, 1.82) is 0 Å². The molecule has 0 radical (unpaired) electrons. The summed E-state index contributed by atoms with van der Waals surface area (Å²) in [5.41, 5.74) is 6.90. The monoisotopic (exact) mass is 545 g/mol. The zero-order valence-corrected chi connectivity index (χ0v) is 24.3. The van der Waals surface area contributed by atoms with Gasteiger partial charge >= 0.3 is 5.97 Å². The number of carbonyl (C=O) groups is 1. The van der Waals surface area contributed by atoms with Crippen LogP contribution in [0.4, 0.5) is 11.4 Å². The molecule has 0 spiro atoms. The predicted octanol–water partition coefficient (Wildman–Crippen LogP) is 7.69. The highest BCUT2D eigenvalue weighted by molar-refractivity contribution is 5.98. The standard InChI is InChI=1S/C35H35N3O3/c1-6-37-24(5)32(27-12-9-10-14-30(27)37)35(33-28(34(39)41-35)13-11-21-36-33)29-20-19-26(22-31(29)40-8-3)38(7-2)25-17-15-23(4)16-18-25/h9-22H,6-8H2,1-5H3. The van der Waals surface area contributed by atoms with Gasteiger partial charge in [-0.3, -0.25) is 4.98 Å². The van der Waals surface area contributed by atoms with Gasteiger partial charge in [0.2, 0.25) is 5.60 Å². The van der Waals surface area contributed by atoms with Gasteiger partial charge in [0.15, 0.2) is 0 Å². The van der Waals surface area contributed by atoms with Crippen molar-refractivity contribution < 1.29 is 14.3 Å². The van der Waals surface area contributed by atoms with Crippen LogP contribution in [-0.4, -0.2) is 28.7 Å². The number of rotatable bonds is 8. The summed E-state index contributed by atoms with van der Waals surface area (Å²) in [4.78, 5) is 20.6. The molecule has 6 nitrogen and oxygen atoms in total. The van der Waals surface area contributed by atoms with Crippen LogP contribution < -0.4 is 9.64 Å². The minimum Gasteiger partial charge on any atom is -0.493 e. The molecule has 0 bridgehead atoms. The molecule has 1 aliphatic rings. The second-order valence-corrected chi connectivity index (χ2v) is 10.4. The van der Waals surface area contributed by atoms with E-state index in [0.29, 0.717) is 23.6 Å². The van der Waals surface area contributed by atoms with Crippen molar-refractivity contribution in [3.05, 3.63) is 119 Å². The molecule has 6 rings (SSSR count). The van der Waals surface area contributed by atoms with Crippen LogP contribution in [0.5, 0.6) is 5.75 Å². The van der Waals surface area contributed by atoms with Gasteiger partial charge in [0.25, 0.3) is 0 Å². The van der Waals surface area contributed by atoms with Crippen LogP contribution in [0.3, 0.4) is 0 Å². The van der Waals surface area contributed by atoms with E-state index in [1.165, 1.54) is 5.56 Å². The SMILES string of the molecule is CCOc1cc(N(CC)c2ccc(C)cc2)ccc1C1(c2c(C)n(CC)c3ccccc23)OC(=O)c2cccnc21. The van der Waals surface area contributed by atoms with Crippen molar-refractivity contribution in [3.8, 4) is 5.75 Å². The average Bonchev–Trinajstić information content (AvgIpc) is 3.45. The number of hydrogen-bond acceptors (Lipinski definition) is 5. The van der Waals surface area contributed by atoms with Crippen LogP contribution in [-0.2, 0) is 16.9 Å². The summed E-state index contributed by atoms with van der Waals surface area (Å²) >= 11 is 0. The predicted molar refractivity (Wildman–Crippen MR) is 163 cm³/mol. The summed E-state index contributed by atoms with van der Waals surface area (Å²) < 4.78 is 15.2. The average molecular weight is 546 g/mol. The number of anilines is 2. The normalized spacial score (nSPS) is 16.1. The molecular formula is C35H35N3O3. The van der Waals surface area contributed by atoms with Crippen molar-refractivity contribution in [2.45, 2.75) is 46.8 Å². The molecule has 3 aromatic carbocycles. The first-order valence-electron chi connectivity index (χ1n) is 14.3. The highest BCUT2D eigenvalue weighted by Crippen LogP contribution is 2.53. The molecule has 208 valence electrons. The summed E-state index contributed by atoms with van der Waals surface area (Å²) in [7, 11) is 0. The van der Waals surface area contributed by atoms with E-state index in [0.717, 1.165) is 52.2 Å². The number of hydrogen-bond donors (Lipinski definition) is 0. The van der Waals surface area contributed by atoms with Gasteiger partial charge in [-0.2, -0.15) is 0 Å². The van der Waals surface area contributed by atoms with Gasteiger partial charge in [0.1, 0.15) is 11.4 Å². The Bertz CT molecular complexity index is 1760. The third-order valence-corrected chi connectivity index (χ3v) is 8.12. The van der Waals surface area contributed by atoms with Gasteiger partial charge in [0, 0.05) is 64.5 Å². The Labute approximate surface area is 241 Å². The lowest BCUT2D eigenvalue weighted by Crippen LogP contribution is -2.32. The number of aryl methyl sites for hydroxylation is 2. The number of esters is 1. The maximum atomic E-state index is 13.5. The molecule has 41 heavy (non-hydrogen) atoms. The van der Waals surface area contributed by atoms with Gasteiger partial charge in [-0.15, -0.1) is 0 Å². The molecule has 1 atom stereocenters. The smallest absolute Gasteiger partial charge is 0.341 e. The summed E-state index contributed by atoms with van der Waals surface area (Å²) in [6.45, 7) is 12.5. The quantitative estimate of drug-likeness (QED) is 0.187. The summed E-state index contributed by atoms with van der Waals surface area (Å²) in [5.74, 6) is 0.275. The Kier molecular flexibility index (Phi) is 6.78. The molecule has 0 N–H and O–H groups in total. The Morgan fingerprint density at radius 3 is 2.41 bits per heavy atom. The molecule has 6 heteroatoms. The summed E-state index contributed by atoms with van der Waals surface area (Å²) in [6.07, 6.45) is 1.73. The number of ether oxygens (including phenoxy) is 2. The number of benzene rings is 3. The van der Waals surface area contributed by atoms with E-state index >= 15 is 0 Å². The molecule has 0 fully saturated rings. The number of para-hydroxylation sites is 1. The van der Waals surface area contributed by atoms with Crippen LogP contribution in [0.1, 0.15) is 59.2 Å². The Balaban J connectivity index is 1.65. The van der Waals surface area contributed by atoms with E-state index in [9.17, 15) is 4.79 Å². The van der Waals surface area contributed by atoms with Gasteiger partial charge in [-0.05, 0) is 77.1 Å². The van der Waals surface area contributed by atoms with Gasteiger partial charge < -0.3 is 18.9 Å². The van der Waals surface area contributed by atoms with Gasteiger partial charge in [-0.1, -0.05) is 35.9 Å². The lowest BCUT2D eigenvalue weighted by Gasteiger charge is -2.32. The van der Waals surface area contributed by atoms with E-state index in [-0.39, 0.29) is 5.97 Å². The third kappa shape index (κ3) is 4.08. The highest BCUT2D eigenvalue weighted by Gasteiger charge is 2.54. The van der Waals surface area contributed by atoms with E-state index in [1.807, 2.05) is 25.1 Å². The Morgan fingerprint density at radius 2 is 1.68 bits per heavy atom. The minimum atomic E-state index is -1.28. The van der Waals surface area contributed by atoms with Crippen molar-refractivity contribution in [2.24, 2.45) is 0 Å². The molecule has 0 saturated carbocycles. The second-order valence-electron chi connectivity index (χ2n) is 10.4. The fourth-order valence-corrected chi connectivity index (χ4v) is 6.35. The van der Waals surface area contributed by atoms with Gasteiger partial charge in [-0.25, -0.2) is 4.79 Å². The molecule has 5 aromatic rings. The van der Waals surface area contributed by atoms with Crippen molar-refractivity contribution in [3.63, 3.8) is 0 Å². The molecule has 3 heterocycles. The van der Waals surface area contributed by atoms with Crippen LogP contribution in [0.25, 0.3) is 10.9 Å². The van der Waals surface area contributed by atoms with E-state index in [4.69, 9.17) is 14.5 Å². The number of nitrogens with zero attached hydrogens (tertiary/aromatic N) is 3. The van der Waals surface area contributed by atoms with Crippen LogP contribution in [0, 0.1) is 13.8 Å². The maximum Gasteiger partial charge on any atom is 0.341 e.